The van der Waals surface area contributed by atoms with Crippen LogP contribution >= 0.6 is 38.6 Å². The van der Waals surface area contributed by atoms with E-state index in [1.165, 1.54) is 22.3 Å². The Balaban J connectivity index is 1.39. The Morgan fingerprint density at radius 3 is 2.24 bits per heavy atom. The van der Waals surface area contributed by atoms with Crippen molar-refractivity contribution in [2.24, 2.45) is 0 Å². The van der Waals surface area contributed by atoms with Crippen molar-refractivity contribution in [1.29, 1.82) is 0 Å². The minimum absolute atomic E-state index is 0.0925. The standard InChI is InChI=1S/C19H14BrF2N3O2S2/c20-12-8-16(28-9-12)17-23-15(10-29-17)19(27)25-5-3-24(4-6-25)18(26)11-1-2-13(21)14(22)7-11/h1-2,7-10H,3-6H2. The molecular weight excluding hydrogens is 484 g/mol. The number of halogens is 3. The molecule has 0 N–H and O–H groups in total. The van der Waals surface area contributed by atoms with Crippen LogP contribution in [0.4, 0.5) is 8.78 Å². The molecule has 150 valence electrons. The van der Waals surface area contributed by atoms with Gasteiger partial charge >= 0.3 is 0 Å². The maximum atomic E-state index is 13.4. The van der Waals surface area contributed by atoms with E-state index in [2.05, 4.69) is 20.9 Å². The quantitative estimate of drug-likeness (QED) is 0.534. The number of amides is 2. The highest BCUT2D eigenvalue weighted by Crippen LogP contribution is 2.32. The molecular formula is C19H14BrF2N3O2S2. The molecule has 4 rings (SSSR count). The molecule has 0 spiro atoms. The molecule has 29 heavy (non-hydrogen) atoms. The van der Waals surface area contributed by atoms with E-state index in [1.54, 1.807) is 21.6 Å². The Bertz CT molecular complexity index is 1080. The van der Waals surface area contributed by atoms with Crippen molar-refractivity contribution in [3.8, 4) is 9.88 Å². The van der Waals surface area contributed by atoms with Crippen molar-refractivity contribution in [1.82, 2.24) is 14.8 Å². The zero-order valence-electron chi connectivity index (χ0n) is 14.9. The molecule has 2 amide bonds. The van der Waals surface area contributed by atoms with E-state index >= 15 is 0 Å². The zero-order chi connectivity index (χ0) is 20.5. The van der Waals surface area contributed by atoms with E-state index in [4.69, 9.17) is 0 Å². The molecule has 0 aliphatic carbocycles. The van der Waals surface area contributed by atoms with Gasteiger partial charge in [0.05, 0.1) is 4.88 Å². The monoisotopic (exact) mass is 497 g/mol. The van der Waals surface area contributed by atoms with Gasteiger partial charge in [-0.15, -0.1) is 22.7 Å². The van der Waals surface area contributed by atoms with Crippen LogP contribution < -0.4 is 0 Å². The first-order valence-electron chi connectivity index (χ1n) is 8.66. The van der Waals surface area contributed by atoms with Gasteiger partial charge in [0.1, 0.15) is 10.7 Å². The van der Waals surface area contributed by atoms with Crippen LogP contribution in [0.5, 0.6) is 0 Å². The van der Waals surface area contributed by atoms with E-state index < -0.39 is 11.6 Å². The summed E-state index contributed by atoms with van der Waals surface area (Å²) in [5, 5.41) is 4.49. The summed E-state index contributed by atoms with van der Waals surface area (Å²) < 4.78 is 27.4. The fourth-order valence-corrected chi connectivity index (χ4v) is 5.30. The highest BCUT2D eigenvalue weighted by molar-refractivity contribution is 9.10. The van der Waals surface area contributed by atoms with Crippen molar-refractivity contribution in [2.75, 3.05) is 26.2 Å². The van der Waals surface area contributed by atoms with Crippen LogP contribution in [0.1, 0.15) is 20.8 Å². The number of hydrogen-bond donors (Lipinski definition) is 0. The SMILES string of the molecule is O=C(c1ccc(F)c(F)c1)N1CCN(C(=O)c2csc(-c3cc(Br)cs3)n2)CC1. The van der Waals surface area contributed by atoms with Gasteiger partial charge in [-0.1, -0.05) is 0 Å². The second kappa shape index (κ2) is 8.29. The molecule has 0 atom stereocenters. The molecule has 5 nitrogen and oxygen atoms in total. The average Bonchev–Trinajstić information content (AvgIpc) is 3.38. The van der Waals surface area contributed by atoms with Gasteiger partial charge in [-0.3, -0.25) is 9.59 Å². The first-order chi connectivity index (χ1) is 13.9. The Kier molecular flexibility index (Phi) is 5.75. The Morgan fingerprint density at radius 2 is 1.62 bits per heavy atom. The molecule has 0 saturated carbocycles. The molecule has 10 heteroatoms. The lowest BCUT2D eigenvalue weighted by molar-refractivity contribution is 0.0532. The van der Waals surface area contributed by atoms with Crippen LogP contribution in [0.3, 0.4) is 0 Å². The number of aromatic nitrogens is 1. The summed E-state index contributed by atoms with van der Waals surface area (Å²) in [6, 6.07) is 5.06. The smallest absolute Gasteiger partial charge is 0.273 e. The molecule has 1 aliphatic rings. The lowest BCUT2D eigenvalue weighted by Gasteiger charge is -2.34. The number of benzene rings is 1. The van der Waals surface area contributed by atoms with Crippen molar-refractivity contribution < 1.29 is 18.4 Å². The second-order valence-corrected chi connectivity index (χ2v) is 9.07. The fraction of sp³-hybridized carbons (Fsp3) is 0.211. The van der Waals surface area contributed by atoms with E-state index in [0.29, 0.717) is 31.9 Å². The number of nitrogens with zero attached hydrogens (tertiary/aromatic N) is 3. The average molecular weight is 498 g/mol. The zero-order valence-corrected chi connectivity index (χ0v) is 18.1. The summed E-state index contributed by atoms with van der Waals surface area (Å²) in [7, 11) is 0. The van der Waals surface area contributed by atoms with Crippen molar-refractivity contribution in [2.45, 2.75) is 0 Å². The van der Waals surface area contributed by atoms with Crippen LogP contribution in [0, 0.1) is 11.6 Å². The molecule has 0 radical (unpaired) electrons. The largest absolute Gasteiger partial charge is 0.335 e. The van der Waals surface area contributed by atoms with Crippen LogP contribution in [0.2, 0.25) is 0 Å². The van der Waals surface area contributed by atoms with Gasteiger partial charge in [-0.2, -0.15) is 0 Å². The lowest BCUT2D eigenvalue weighted by atomic mass is 10.1. The normalized spacial score (nSPS) is 14.3. The van der Waals surface area contributed by atoms with Crippen LogP contribution in [-0.2, 0) is 0 Å². The number of piperazine rings is 1. The highest BCUT2D eigenvalue weighted by atomic mass is 79.9. The van der Waals surface area contributed by atoms with Gasteiger partial charge < -0.3 is 9.80 Å². The Hall–Kier alpha value is -2.17. The van der Waals surface area contributed by atoms with Crippen LogP contribution in [-0.4, -0.2) is 52.8 Å². The Morgan fingerprint density at radius 1 is 0.931 bits per heavy atom. The number of rotatable bonds is 3. The summed E-state index contributed by atoms with van der Waals surface area (Å²) >= 11 is 6.37. The molecule has 3 heterocycles. The third-order valence-electron chi connectivity index (χ3n) is 4.52. The number of thiazole rings is 1. The van der Waals surface area contributed by atoms with Gasteiger partial charge in [-0.25, -0.2) is 13.8 Å². The fourth-order valence-electron chi connectivity index (χ4n) is 3.00. The summed E-state index contributed by atoms with van der Waals surface area (Å²) in [5.41, 5.74) is 0.477. The molecule has 1 fully saturated rings. The summed E-state index contributed by atoms with van der Waals surface area (Å²) in [6.07, 6.45) is 0. The minimum Gasteiger partial charge on any atom is -0.335 e. The number of carbonyl (C=O) groups is 2. The second-order valence-electron chi connectivity index (χ2n) is 6.38. The lowest BCUT2D eigenvalue weighted by Crippen LogP contribution is -2.50. The number of carbonyl (C=O) groups excluding carboxylic acids is 2. The molecule has 3 aromatic rings. The predicted octanol–water partition coefficient (Wildman–Crippen LogP) is 4.51. The summed E-state index contributed by atoms with van der Waals surface area (Å²) in [4.78, 5) is 33.9. The van der Waals surface area contributed by atoms with Crippen molar-refractivity contribution in [3.05, 3.63) is 62.4 Å². The van der Waals surface area contributed by atoms with E-state index in [0.717, 1.165) is 26.5 Å². The number of hydrogen-bond acceptors (Lipinski definition) is 5. The highest BCUT2D eigenvalue weighted by Gasteiger charge is 2.27. The van der Waals surface area contributed by atoms with Crippen LogP contribution in [0.25, 0.3) is 9.88 Å². The van der Waals surface area contributed by atoms with E-state index in [1.807, 2.05) is 11.4 Å². The topological polar surface area (TPSA) is 53.5 Å². The molecule has 0 unspecified atom stereocenters. The molecule has 2 aromatic heterocycles. The molecule has 1 aliphatic heterocycles. The Labute approximate surface area is 181 Å². The summed E-state index contributed by atoms with van der Waals surface area (Å²) in [6.45, 7) is 1.34. The van der Waals surface area contributed by atoms with Gasteiger partial charge in [-0.05, 0) is 40.2 Å². The molecule has 0 bridgehead atoms. The number of thiophene rings is 1. The van der Waals surface area contributed by atoms with Crippen LogP contribution in [0.15, 0.2) is 39.5 Å². The maximum absolute atomic E-state index is 13.4. The third-order valence-corrected chi connectivity index (χ3v) is 7.22. The summed E-state index contributed by atoms with van der Waals surface area (Å²) in [5.74, 6) is -2.60. The van der Waals surface area contributed by atoms with E-state index in [-0.39, 0.29) is 17.4 Å². The molecule has 1 aromatic carbocycles. The minimum atomic E-state index is -1.05. The van der Waals surface area contributed by atoms with Gasteiger partial charge in [0.2, 0.25) is 0 Å². The van der Waals surface area contributed by atoms with Gasteiger partial charge in [0.15, 0.2) is 11.6 Å². The molecule has 1 saturated heterocycles. The van der Waals surface area contributed by atoms with Crippen molar-refractivity contribution >= 4 is 50.4 Å². The maximum Gasteiger partial charge on any atom is 0.273 e. The van der Waals surface area contributed by atoms with Gasteiger partial charge in [0.25, 0.3) is 11.8 Å². The first-order valence-corrected chi connectivity index (χ1v) is 11.2. The third kappa shape index (κ3) is 4.24. The van der Waals surface area contributed by atoms with Gasteiger partial charge in [0, 0.05) is 47.0 Å². The van der Waals surface area contributed by atoms with Crippen molar-refractivity contribution in [3.63, 3.8) is 0 Å². The van der Waals surface area contributed by atoms with E-state index in [9.17, 15) is 18.4 Å². The predicted molar refractivity (Wildman–Crippen MR) is 111 cm³/mol. The first kappa shape index (κ1) is 20.1.